The predicted octanol–water partition coefficient (Wildman–Crippen LogP) is 4.44. The second kappa shape index (κ2) is 8.61. The van der Waals surface area contributed by atoms with Crippen LogP contribution >= 0.6 is 27.5 Å². The predicted molar refractivity (Wildman–Crippen MR) is 94.2 cm³/mol. The van der Waals surface area contributed by atoms with E-state index in [9.17, 15) is 14.0 Å². The first-order valence-corrected chi connectivity index (χ1v) is 7.96. The van der Waals surface area contributed by atoms with E-state index in [2.05, 4.69) is 21.2 Å². The largest absolute Gasteiger partial charge is 0.452 e. The molecule has 1 N–H and O–H groups in total. The molecule has 2 rings (SSSR count). The van der Waals surface area contributed by atoms with Crippen molar-refractivity contribution < 1.29 is 18.7 Å². The third-order valence-corrected chi connectivity index (χ3v) is 3.58. The van der Waals surface area contributed by atoms with E-state index in [1.165, 1.54) is 24.3 Å². The van der Waals surface area contributed by atoms with Gasteiger partial charge in [-0.2, -0.15) is 0 Å². The van der Waals surface area contributed by atoms with Crippen LogP contribution in [0.15, 0.2) is 53.0 Å². The van der Waals surface area contributed by atoms with Crippen molar-refractivity contribution in [2.45, 2.75) is 0 Å². The molecule has 0 atom stereocenters. The Bertz CT molecular complexity index is 778. The van der Waals surface area contributed by atoms with Crippen LogP contribution in [0.25, 0.3) is 6.08 Å². The summed E-state index contributed by atoms with van der Waals surface area (Å²) in [6.07, 6.45) is 2.72. The van der Waals surface area contributed by atoms with Gasteiger partial charge in [0.15, 0.2) is 6.61 Å². The maximum Gasteiger partial charge on any atom is 0.331 e. The second-order valence-electron chi connectivity index (χ2n) is 4.66. The molecule has 0 aromatic heterocycles. The fourth-order valence-electron chi connectivity index (χ4n) is 1.70. The van der Waals surface area contributed by atoms with Crippen LogP contribution in [0.3, 0.4) is 0 Å². The quantitative estimate of drug-likeness (QED) is 0.583. The lowest BCUT2D eigenvalue weighted by Gasteiger charge is -2.06. The summed E-state index contributed by atoms with van der Waals surface area (Å²) in [7, 11) is 0. The number of benzene rings is 2. The van der Waals surface area contributed by atoms with E-state index < -0.39 is 24.3 Å². The van der Waals surface area contributed by atoms with Gasteiger partial charge in [0.1, 0.15) is 5.82 Å². The van der Waals surface area contributed by atoms with Crippen molar-refractivity contribution in [3.8, 4) is 0 Å². The summed E-state index contributed by atoms with van der Waals surface area (Å²) >= 11 is 8.87. The highest BCUT2D eigenvalue weighted by Crippen LogP contribution is 2.19. The molecule has 0 spiro atoms. The van der Waals surface area contributed by atoms with Gasteiger partial charge in [-0.3, -0.25) is 4.79 Å². The number of ether oxygens (including phenoxy) is 1. The summed E-state index contributed by atoms with van der Waals surface area (Å²) in [5.74, 6) is -1.91. The molecule has 0 bridgehead atoms. The lowest BCUT2D eigenvalue weighted by Crippen LogP contribution is -2.20. The van der Waals surface area contributed by atoms with E-state index in [0.29, 0.717) is 9.50 Å². The Morgan fingerprint density at radius 3 is 2.58 bits per heavy atom. The van der Waals surface area contributed by atoms with Crippen molar-refractivity contribution in [1.82, 2.24) is 0 Å². The molecule has 0 saturated heterocycles. The monoisotopic (exact) mass is 411 g/mol. The third-order valence-electron chi connectivity index (χ3n) is 2.83. The summed E-state index contributed by atoms with van der Waals surface area (Å²) in [5.41, 5.74) is 0.772. The van der Waals surface area contributed by atoms with Crippen LogP contribution < -0.4 is 5.32 Å². The normalized spacial score (nSPS) is 10.6. The molecule has 2 aromatic rings. The maximum atomic E-state index is 13.6. The van der Waals surface area contributed by atoms with Crippen LogP contribution in [0.1, 0.15) is 5.56 Å². The molecule has 7 heteroatoms. The van der Waals surface area contributed by atoms with Gasteiger partial charge in [0.05, 0.1) is 5.69 Å². The van der Waals surface area contributed by atoms with Gasteiger partial charge < -0.3 is 10.1 Å². The number of carbonyl (C=O) groups excluding carboxylic acids is 2. The number of carbonyl (C=O) groups is 2. The minimum atomic E-state index is -0.684. The summed E-state index contributed by atoms with van der Waals surface area (Å²) in [4.78, 5) is 23.2. The summed E-state index contributed by atoms with van der Waals surface area (Å²) in [5, 5.41) is 2.91. The van der Waals surface area contributed by atoms with Crippen LogP contribution in [-0.2, 0) is 14.3 Å². The van der Waals surface area contributed by atoms with Gasteiger partial charge >= 0.3 is 5.97 Å². The second-order valence-corrected chi connectivity index (χ2v) is 6.02. The van der Waals surface area contributed by atoms with Crippen LogP contribution in [0.5, 0.6) is 0 Å². The van der Waals surface area contributed by atoms with Crippen LogP contribution in [0.4, 0.5) is 10.1 Å². The molecular weight excluding hydrogens is 401 g/mol. The minimum Gasteiger partial charge on any atom is -0.452 e. The lowest BCUT2D eigenvalue weighted by molar-refractivity contribution is -0.142. The smallest absolute Gasteiger partial charge is 0.331 e. The molecule has 0 aliphatic rings. The molecule has 1 amide bonds. The Hall–Kier alpha value is -2.18. The summed E-state index contributed by atoms with van der Waals surface area (Å²) in [6, 6.07) is 11.0. The molecule has 0 saturated carbocycles. The van der Waals surface area contributed by atoms with Crippen molar-refractivity contribution in [3.63, 3.8) is 0 Å². The first-order valence-electron chi connectivity index (χ1n) is 6.79. The van der Waals surface area contributed by atoms with Crippen LogP contribution in [-0.4, -0.2) is 18.5 Å². The van der Waals surface area contributed by atoms with E-state index in [4.69, 9.17) is 16.3 Å². The zero-order valence-corrected chi connectivity index (χ0v) is 14.6. The summed E-state index contributed by atoms with van der Waals surface area (Å²) < 4.78 is 18.9. The van der Waals surface area contributed by atoms with E-state index in [-0.39, 0.29) is 5.69 Å². The van der Waals surface area contributed by atoms with Crippen molar-refractivity contribution in [3.05, 3.63) is 69.4 Å². The molecule has 124 valence electrons. The lowest BCUT2D eigenvalue weighted by atomic mass is 10.2. The van der Waals surface area contributed by atoms with Crippen molar-refractivity contribution >= 4 is 51.2 Å². The zero-order chi connectivity index (χ0) is 17.5. The van der Waals surface area contributed by atoms with Gasteiger partial charge in [0, 0.05) is 15.6 Å². The number of hydrogen-bond donors (Lipinski definition) is 1. The van der Waals surface area contributed by atoms with Gasteiger partial charge in [-0.1, -0.05) is 39.7 Å². The molecule has 0 heterocycles. The van der Waals surface area contributed by atoms with Crippen LogP contribution in [0, 0.1) is 5.82 Å². The molecule has 4 nitrogen and oxygen atoms in total. The van der Waals surface area contributed by atoms with Gasteiger partial charge in [-0.05, 0) is 42.0 Å². The average molecular weight is 413 g/mol. The zero-order valence-electron chi connectivity index (χ0n) is 12.3. The molecule has 0 aliphatic carbocycles. The van der Waals surface area contributed by atoms with E-state index in [0.717, 1.165) is 5.56 Å². The van der Waals surface area contributed by atoms with Gasteiger partial charge in [0.2, 0.25) is 0 Å². The number of anilines is 1. The first kappa shape index (κ1) is 18.2. The highest BCUT2D eigenvalue weighted by Gasteiger charge is 2.09. The van der Waals surface area contributed by atoms with Crippen molar-refractivity contribution in [2.24, 2.45) is 0 Å². The van der Waals surface area contributed by atoms with Crippen LogP contribution in [0.2, 0.25) is 5.02 Å². The number of amides is 1. The third kappa shape index (κ3) is 5.79. The number of esters is 1. The molecule has 0 aliphatic heterocycles. The maximum absolute atomic E-state index is 13.6. The van der Waals surface area contributed by atoms with E-state index in [1.807, 2.05) is 0 Å². The van der Waals surface area contributed by atoms with Crippen molar-refractivity contribution in [2.75, 3.05) is 11.9 Å². The van der Waals surface area contributed by atoms with Gasteiger partial charge in [-0.15, -0.1) is 0 Å². The standard InChI is InChI=1S/C17H12BrClFNO3/c18-12-4-7-15(14(20)9-12)21-16(22)10-24-17(23)8-3-11-1-5-13(19)6-2-11/h1-9H,10H2,(H,21,22). The van der Waals surface area contributed by atoms with Gasteiger partial charge in [-0.25, -0.2) is 9.18 Å². The highest BCUT2D eigenvalue weighted by atomic mass is 79.9. The Kier molecular flexibility index (Phi) is 6.52. The molecule has 2 aromatic carbocycles. The van der Waals surface area contributed by atoms with Gasteiger partial charge in [0.25, 0.3) is 5.91 Å². The number of hydrogen-bond acceptors (Lipinski definition) is 3. The van der Waals surface area contributed by atoms with E-state index in [1.54, 1.807) is 30.3 Å². The molecule has 0 radical (unpaired) electrons. The Morgan fingerprint density at radius 1 is 1.21 bits per heavy atom. The first-order chi connectivity index (χ1) is 11.4. The number of rotatable bonds is 5. The molecular formula is C17H12BrClFNO3. The van der Waals surface area contributed by atoms with E-state index >= 15 is 0 Å². The molecule has 0 unspecified atom stereocenters. The number of halogens is 3. The summed E-state index contributed by atoms with van der Waals surface area (Å²) in [6.45, 7) is -0.515. The van der Waals surface area contributed by atoms with Crippen molar-refractivity contribution in [1.29, 1.82) is 0 Å². The Morgan fingerprint density at radius 2 is 1.92 bits per heavy atom. The minimum absolute atomic E-state index is 0.0101. The SMILES string of the molecule is O=C(COC(=O)C=Cc1ccc(Cl)cc1)Nc1ccc(Br)cc1F. The topological polar surface area (TPSA) is 55.4 Å². The average Bonchev–Trinajstić information content (AvgIpc) is 2.55. The fraction of sp³-hybridized carbons (Fsp3) is 0.0588. The highest BCUT2D eigenvalue weighted by molar-refractivity contribution is 9.10. The Balaban J connectivity index is 1.82. The molecule has 24 heavy (non-hydrogen) atoms. The number of nitrogens with one attached hydrogen (secondary N) is 1. The molecule has 0 fully saturated rings. The Labute approximate surface area is 151 Å². The fourth-order valence-corrected chi connectivity index (χ4v) is 2.16.